The normalized spacial score (nSPS) is 12.1. The zero-order valence-corrected chi connectivity index (χ0v) is 13.9. The molecule has 0 spiro atoms. The fourth-order valence-electron chi connectivity index (χ4n) is 2.12. The fourth-order valence-corrected chi connectivity index (χ4v) is 3.17. The largest absolute Gasteiger partial charge is 0.508 e. The van der Waals surface area contributed by atoms with Crippen LogP contribution >= 0.6 is 11.3 Å². The Labute approximate surface area is 137 Å². The van der Waals surface area contributed by atoms with E-state index in [1.54, 1.807) is 6.92 Å². The number of thiazole rings is 1. The van der Waals surface area contributed by atoms with E-state index >= 15 is 0 Å². The molecule has 0 bridgehead atoms. The van der Waals surface area contributed by atoms with Crippen LogP contribution in [0.4, 0.5) is 0 Å². The van der Waals surface area contributed by atoms with Crippen molar-refractivity contribution in [3.8, 4) is 11.8 Å². The molecule has 0 aliphatic carbocycles. The monoisotopic (exact) mass is 331 g/mol. The minimum absolute atomic E-state index is 0.144. The molecule has 2 aromatic heterocycles. The van der Waals surface area contributed by atoms with Crippen molar-refractivity contribution in [2.75, 3.05) is 0 Å². The number of hydrogen-bond donors (Lipinski definition) is 1. The first-order valence-corrected chi connectivity index (χ1v) is 7.99. The third-order valence-corrected chi connectivity index (χ3v) is 4.39. The number of carbonyl (C=O) groups excluding carboxylic acids is 1. The highest BCUT2D eigenvalue weighted by molar-refractivity contribution is 7.10. The smallest absolute Gasteiger partial charge is 0.254 e. The highest BCUT2D eigenvalue weighted by Gasteiger charge is 2.25. The lowest BCUT2D eigenvalue weighted by molar-refractivity contribution is -0.120. The molecule has 0 aromatic carbocycles. The van der Waals surface area contributed by atoms with Gasteiger partial charge in [0, 0.05) is 17.1 Å². The quantitative estimate of drug-likeness (QED) is 0.907. The molecule has 2 aromatic rings. The summed E-state index contributed by atoms with van der Waals surface area (Å²) < 4.78 is 1.24. The van der Waals surface area contributed by atoms with Crippen LogP contribution in [0.5, 0.6) is 5.75 Å². The highest BCUT2D eigenvalue weighted by Crippen LogP contribution is 2.25. The first kappa shape index (κ1) is 16.9. The average molecular weight is 331 g/mol. The van der Waals surface area contributed by atoms with E-state index in [1.807, 2.05) is 25.3 Å². The van der Waals surface area contributed by atoms with E-state index in [0.717, 1.165) is 11.8 Å². The Kier molecular flexibility index (Phi) is 4.96. The number of pyridine rings is 1. The molecule has 120 valence electrons. The first-order valence-electron chi connectivity index (χ1n) is 7.11. The molecule has 1 N–H and O–H groups in total. The zero-order chi connectivity index (χ0) is 17.1. The molecule has 7 heteroatoms. The summed E-state index contributed by atoms with van der Waals surface area (Å²) >= 11 is 1.28. The summed E-state index contributed by atoms with van der Waals surface area (Å²) in [6.45, 7) is 5.37. The number of Topliss-reactive ketones (excluding diaryl/α,β-unsaturated/α-hetero) is 1. The van der Waals surface area contributed by atoms with Gasteiger partial charge in [0.15, 0.2) is 11.7 Å². The summed E-state index contributed by atoms with van der Waals surface area (Å²) in [6.07, 6.45) is 0. The lowest BCUT2D eigenvalue weighted by Gasteiger charge is -2.11. The molecule has 0 amide bonds. The van der Waals surface area contributed by atoms with Gasteiger partial charge in [-0.3, -0.25) is 9.59 Å². The highest BCUT2D eigenvalue weighted by atomic mass is 32.1. The number of ketones is 1. The fraction of sp³-hybridized carbons (Fsp3) is 0.375. The van der Waals surface area contributed by atoms with E-state index in [0.29, 0.717) is 10.7 Å². The summed E-state index contributed by atoms with van der Waals surface area (Å²) in [6, 6.07) is 4.42. The second kappa shape index (κ2) is 6.75. The number of aromatic nitrogens is 2. The molecule has 0 radical (unpaired) electrons. The van der Waals surface area contributed by atoms with Crippen molar-refractivity contribution in [2.24, 2.45) is 0 Å². The Bertz CT molecular complexity index is 830. The summed E-state index contributed by atoms with van der Waals surface area (Å²) in [5.41, 5.74) is 0.827. The Balaban J connectivity index is 2.28. The molecular formula is C16H17N3O3S. The van der Waals surface area contributed by atoms with E-state index in [1.165, 1.54) is 22.0 Å². The third-order valence-electron chi connectivity index (χ3n) is 3.46. The molecule has 1 unspecified atom stereocenters. The number of rotatable bonds is 5. The zero-order valence-electron chi connectivity index (χ0n) is 13.1. The van der Waals surface area contributed by atoms with Crippen molar-refractivity contribution < 1.29 is 9.90 Å². The second-order valence-corrected chi connectivity index (χ2v) is 6.46. The second-order valence-electron chi connectivity index (χ2n) is 5.57. The minimum Gasteiger partial charge on any atom is -0.508 e. The van der Waals surface area contributed by atoms with Crippen molar-refractivity contribution >= 4 is 17.1 Å². The molecule has 0 fully saturated rings. The van der Waals surface area contributed by atoms with Crippen LogP contribution in [0.25, 0.3) is 0 Å². The van der Waals surface area contributed by atoms with Gasteiger partial charge in [0.05, 0.1) is 18.3 Å². The molecule has 2 rings (SSSR count). The van der Waals surface area contributed by atoms with E-state index in [2.05, 4.69) is 4.98 Å². The van der Waals surface area contributed by atoms with Crippen molar-refractivity contribution in [1.29, 1.82) is 5.26 Å². The molecule has 1 atom stereocenters. The molecule has 0 aliphatic rings. The lowest BCUT2D eigenvalue weighted by atomic mass is 10.1. The maximum Gasteiger partial charge on any atom is 0.254 e. The maximum absolute atomic E-state index is 12.4. The molecule has 0 saturated heterocycles. The molecule has 2 heterocycles. The minimum atomic E-state index is -0.993. The first-order chi connectivity index (χ1) is 10.8. The van der Waals surface area contributed by atoms with Gasteiger partial charge in [-0.2, -0.15) is 5.26 Å². The Morgan fingerprint density at radius 1 is 1.48 bits per heavy atom. The van der Waals surface area contributed by atoms with Crippen molar-refractivity contribution in [2.45, 2.75) is 39.2 Å². The standard InChI is InChI=1S/C16H17N3O3S/c1-9(2)13-8-23-16(18-13)12(6-17)14(21)7-19-10(3)4-11(20)5-15(19)22/h4-5,8-9,12,20H,7H2,1-3H3. The summed E-state index contributed by atoms with van der Waals surface area (Å²) in [5, 5.41) is 21.0. The van der Waals surface area contributed by atoms with Crippen molar-refractivity contribution in [1.82, 2.24) is 9.55 Å². The van der Waals surface area contributed by atoms with Crippen LogP contribution in [0.2, 0.25) is 0 Å². The summed E-state index contributed by atoms with van der Waals surface area (Å²) in [4.78, 5) is 28.7. The molecule has 0 saturated carbocycles. The molecular weight excluding hydrogens is 314 g/mol. The summed E-state index contributed by atoms with van der Waals surface area (Å²) in [7, 11) is 0. The number of aromatic hydroxyl groups is 1. The van der Waals surface area contributed by atoms with Crippen LogP contribution in [0.3, 0.4) is 0 Å². The van der Waals surface area contributed by atoms with Gasteiger partial charge in [0.25, 0.3) is 5.56 Å². The predicted molar refractivity (Wildman–Crippen MR) is 86.7 cm³/mol. The Morgan fingerprint density at radius 2 is 2.17 bits per heavy atom. The van der Waals surface area contributed by atoms with Crippen molar-refractivity contribution in [3.63, 3.8) is 0 Å². The van der Waals surface area contributed by atoms with E-state index < -0.39 is 17.3 Å². The SMILES string of the molecule is Cc1cc(O)cc(=O)n1CC(=O)C(C#N)c1nc(C(C)C)cs1. The van der Waals surface area contributed by atoms with Crippen LogP contribution in [0, 0.1) is 18.3 Å². The number of hydrogen-bond acceptors (Lipinski definition) is 6. The van der Waals surface area contributed by atoms with Crippen molar-refractivity contribution in [3.05, 3.63) is 44.3 Å². The van der Waals surface area contributed by atoms with Gasteiger partial charge in [-0.05, 0) is 18.9 Å². The number of nitriles is 1. The van der Waals surface area contributed by atoms with Gasteiger partial charge < -0.3 is 9.67 Å². The predicted octanol–water partition coefficient (Wildman–Crippen LogP) is 2.32. The molecule has 0 aliphatic heterocycles. The molecule has 23 heavy (non-hydrogen) atoms. The number of aryl methyl sites for hydroxylation is 1. The van der Waals surface area contributed by atoms with Crippen LogP contribution in [-0.4, -0.2) is 20.4 Å². The van der Waals surface area contributed by atoms with Crippen LogP contribution in [-0.2, 0) is 11.3 Å². The number of carbonyl (C=O) groups is 1. The Hall–Kier alpha value is -2.46. The summed E-state index contributed by atoms with van der Waals surface area (Å²) in [5.74, 6) is -1.31. The Morgan fingerprint density at radius 3 is 2.70 bits per heavy atom. The lowest BCUT2D eigenvalue weighted by Crippen LogP contribution is -2.27. The van der Waals surface area contributed by atoms with Crippen LogP contribution in [0.15, 0.2) is 22.3 Å². The van der Waals surface area contributed by atoms with E-state index in [-0.39, 0.29) is 18.2 Å². The van der Waals surface area contributed by atoms with Gasteiger partial charge in [-0.15, -0.1) is 11.3 Å². The van der Waals surface area contributed by atoms with Gasteiger partial charge in [-0.1, -0.05) is 13.8 Å². The number of nitrogens with zero attached hydrogens (tertiary/aromatic N) is 3. The van der Waals surface area contributed by atoms with E-state index in [4.69, 9.17) is 0 Å². The van der Waals surface area contributed by atoms with Gasteiger partial charge in [0.1, 0.15) is 10.8 Å². The van der Waals surface area contributed by atoms with E-state index in [9.17, 15) is 20.0 Å². The molecule has 6 nitrogen and oxygen atoms in total. The van der Waals surface area contributed by atoms with Gasteiger partial charge >= 0.3 is 0 Å². The van der Waals surface area contributed by atoms with Crippen LogP contribution < -0.4 is 5.56 Å². The average Bonchev–Trinajstić information content (AvgIpc) is 2.93. The van der Waals surface area contributed by atoms with Gasteiger partial charge in [0.2, 0.25) is 0 Å². The maximum atomic E-state index is 12.4. The topological polar surface area (TPSA) is 96.0 Å². The van der Waals surface area contributed by atoms with Gasteiger partial charge in [-0.25, -0.2) is 4.98 Å². The third kappa shape index (κ3) is 3.66. The van der Waals surface area contributed by atoms with Crippen LogP contribution in [0.1, 0.15) is 42.1 Å².